The average Bonchev–Trinajstić information content (AvgIpc) is 2.90. The van der Waals surface area contributed by atoms with Gasteiger partial charge in [-0.15, -0.1) is 0 Å². The summed E-state index contributed by atoms with van der Waals surface area (Å²) in [6.45, 7) is 0.773. The van der Waals surface area contributed by atoms with Crippen LogP contribution in [-0.4, -0.2) is 38.0 Å². The van der Waals surface area contributed by atoms with Crippen LogP contribution in [0.4, 0.5) is 5.69 Å². The van der Waals surface area contributed by atoms with Crippen molar-refractivity contribution in [1.82, 2.24) is 5.32 Å². The van der Waals surface area contributed by atoms with Gasteiger partial charge in [-0.1, -0.05) is 12.1 Å². The first-order valence-electron chi connectivity index (χ1n) is 6.94. The highest BCUT2D eigenvalue weighted by Crippen LogP contribution is 2.30. The molecule has 8 heteroatoms. The molecule has 2 rings (SSSR count). The summed E-state index contributed by atoms with van der Waals surface area (Å²) in [7, 11) is 1.55. The zero-order valence-electron chi connectivity index (χ0n) is 12.5. The number of primary amides is 1. The van der Waals surface area contributed by atoms with Crippen molar-refractivity contribution in [2.45, 2.75) is 6.42 Å². The molecule has 3 amide bonds. The Kier molecular flexibility index (Phi) is 5.32. The smallest absolute Gasteiger partial charge is 0.313 e. The minimum atomic E-state index is -0.906. The van der Waals surface area contributed by atoms with Gasteiger partial charge in [-0.05, 0) is 18.6 Å². The second kappa shape index (κ2) is 7.41. The highest BCUT2D eigenvalue weighted by molar-refractivity contribution is 6.40. The van der Waals surface area contributed by atoms with E-state index in [0.717, 1.165) is 0 Å². The predicted octanol–water partition coefficient (Wildman–Crippen LogP) is 0.623. The number of para-hydroxylation sites is 1. The van der Waals surface area contributed by atoms with Gasteiger partial charge in [-0.25, -0.2) is 0 Å². The first-order valence-corrected chi connectivity index (χ1v) is 6.94. The standard InChI is InChI=1S/C15H17N3O5/c1-22-8-4-7-17-14(20)15(21)18-11-9-5-2-3-6-10(9)23-12(11)13(16)19/h2-3,5-6H,4,7-8H2,1H3,(H2,16,19)(H,17,20)(H,18,21). The molecule has 1 aromatic heterocycles. The van der Waals surface area contributed by atoms with Gasteiger partial charge in [0.25, 0.3) is 5.91 Å². The fraction of sp³-hybridized carbons (Fsp3) is 0.267. The first-order chi connectivity index (χ1) is 11.0. The Morgan fingerprint density at radius 1 is 1.22 bits per heavy atom. The van der Waals surface area contributed by atoms with Gasteiger partial charge in [-0.3, -0.25) is 14.4 Å². The lowest BCUT2D eigenvalue weighted by molar-refractivity contribution is -0.136. The minimum absolute atomic E-state index is 0.0881. The maximum absolute atomic E-state index is 11.9. The number of carbonyl (C=O) groups is 3. The summed E-state index contributed by atoms with van der Waals surface area (Å²) in [5.74, 6) is -2.76. The summed E-state index contributed by atoms with van der Waals surface area (Å²) < 4.78 is 10.2. The summed E-state index contributed by atoms with van der Waals surface area (Å²) in [4.78, 5) is 35.1. The Morgan fingerprint density at radius 2 is 1.96 bits per heavy atom. The van der Waals surface area contributed by atoms with Gasteiger partial charge in [0.1, 0.15) is 11.3 Å². The Morgan fingerprint density at radius 3 is 2.65 bits per heavy atom. The summed E-state index contributed by atoms with van der Waals surface area (Å²) >= 11 is 0. The van der Waals surface area contributed by atoms with Gasteiger partial charge in [0.15, 0.2) is 0 Å². The number of fused-ring (bicyclic) bond motifs is 1. The molecule has 1 heterocycles. The summed E-state index contributed by atoms with van der Waals surface area (Å²) in [5, 5.41) is 5.32. The molecule has 122 valence electrons. The lowest BCUT2D eigenvalue weighted by atomic mass is 10.2. The molecule has 8 nitrogen and oxygen atoms in total. The molecule has 0 aliphatic carbocycles. The molecule has 0 saturated heterocycles. The number of nitrogens with two attached hydrogens (primary N) is 1. The number of amides is 3. The number of furan rings is 1. The molecule has 0 radical (unpaired) electrons. The van der Waals surface area contributed by atoms with Gasteiger partial charge in [0.2, 0.25) is 5.76 Å². The van der Waals surface area contributed by atoms with E-state index < -0.39 is 17.7 Å². The number of rotatable bonds is 6. The number of methoxy groups -OCH3 is 1. The normalized spacial score (nSPS) is 10.5. The quantitative estimate of drug-likeness (QED) is 0.532. The Bertz CT molecular complexity index is 738. The molecule has 2 aromatic rings. The monoisotopic (exact) mass is 319 g/mol. The fourth-order valence-corrected chi connectivity index (χ4v) is 2.01. The van der Waals surface area contributed by atoms with Crippen molar-refractivity contribution in [3.8, 4) is 0 Å². The lowest BCUT2D eigenvalue weighted by Crippen LogP contribution is -2.36. The molecule has 0 atom stereocenters. The SMILES string of the molecule is COCCCNC(=O)C(=O)Nc1c(C(N)=O)oc2ccccc12. The molecular formula is C15H17N3O5. The van der Waals surface area contributed by atoms with E-state index in [1.165, 1.54) is 0 Å². The van der Waals surface area contributed by atoms with Crippen LogP contribution in [0.1, 0.15) is 17.0 Å². The Balaban J connectivity index is 2.14. The summed E-state index contributed by atoms with van der Waals surface area (Å²) in [6.07, 6.45) is 0.580. The molecular weight excluding hydrogens is 302 g/mol. The van der Waals surface area contributed by atoms with Crippen molar-refractivity contribution in [3.05, 3.63) is 30.0 Å². The fourth-order valence-electron chi connectivity index (χ4n) is 2.01. The third-order valence-corrected chi connectivity index (χ3v) is 3.07. The summed E-state index contributed by atoms with van der Waals surface area (Å²) in [6, 6.07) is 6.70. The molecule has 0 unspecified atom stereocenters. The number of hydrogen-bond donors (Lipinski definition) is 3. The number of nitrogens with one attached hydrogen (secondary N) is 2. The van der Waals surface area contributed by atoms with Crippen LogP contribution in [-0.2, 0) is 14.3 Å². The van der Waals surface area contributed by atoms with Crippen molar-refractivity contribution in [3.63, 3.8) is 0 Å². The van der Waals surface area contributed by atoms with E-state index >= 15 is 0 Å². The van der Waals surface area contributed by atoms with Gasteiger partial charge >= 0.3 is 11.8 Å². The van der Waals surface area contributed by atoms with Crippen molar-refractivity contribution < 1.29 is 23.5 Å². The van der Waals surface area contributed by atoms with E-state index in [4.69, 9.17) is 14.9 Å². The first kappa shape index (κ1) is 16.5. The van der Waals surface area contributed by atoms with Crippen LogP contribution in [0.15, 0.2) is 28.7 Å². The molecule has 0 bridgehead atoms. The Hall–Kier alpha value is -2.87. The number of carbonyl (C=O) groups excluding carboxylic acids is 3. The molecule has 23 heavy (non-hydrogen) atoms. The number of benzene rings is 1. The molecule has 0 aliphatic heterocycles. The number of hydrogen-bond acceptors (Lipinski definition) is 5. The van der Waals surface area contributed by atoms with Crippen LogP contribution in [0.25, 0.3) is 11.0 Å². The van der Waals surface area contributed by atoms with Crippen LogP contribution in [0, 0.1) is 0 Å². The highest BCUT2D eigenvalue weighted by atomic mass is 16.5. The molecule has 1 aromatic carbocycles. The van der Waals surface area contributed by atoms with Crippen LogP contribution in [0.5, 0.6) is 0 Å². The van der Waals surface area contributed by atoms with E-state index in [-0.39, 0.29) is 11.4 Å². The van der Waals surface area contributed by atoms with Crippen LogP contribution in [0.3, 0.4) is 0 Å². The molecule has 0 saturated carbocycles. The Labute approximate surface area is 131 Å². The van der Waals surface area contributed by atoms with Crippen molar-refractivity contribution in [2.24, 2.45) is 5.73 Å². The van der Waals surface area contributed by atoms with Gasteiger partial charge in [0.05, 0.1) is 0 Å². The molecule has 4 N–H and O–H groups in total. The molecule has 0 fully saturated rings. The third kappa shape index (κ3) is 3.86. The second-order valence-electron chi connectivity index (χ2n) is 4.72. The van der Waals surface area contributed by atoms with Crippen molar-refractivity contribution in [1.29, 1.82) is 0 Å². The van der Waals surface area contributed by atoms with Crippen LogP contribution < -0.4 is 16.4 Å². The van der Waals surface area contributed by atoms with E-state index in [2.05, 4.69) is 10.6 Å². The predicted molar refractivity (Wildman–Crippen MR) is 82.9 cm³/mol. The zero-order chi connectivity index (χ0) is 16.8. The highest BCUT2D eigenvalue weighted by Gasteiger charge is 2.22. The second-order valence-corrected chi connectivity index (χ2v) is 4.72. The zero-order valence-corrected chi connectivity index (χ0v) is 12.5. The molecule has 0 aliphatic rings. The van der Waals surface area contributed by atoms with Crippen molar-refractivity contribution >= 4 is 34.4 Å². The topological polar surface area (TPSA) is 124 Å². The number of anilines is 1. The number of ether oxygens (including phenoxy) is 1. The molecule has 0 spiro atoms. The maximum Gasteiger partial charge on any atom is 0.313 e. The maximum atomic E-state index is 11.9. The third-order valence-electron chi connectivity index (χ3n) is 3.07. The largest absolute Gasteiger partial charge is 0.449 e. The van der Waals surface area contributed by atoms with Crippen molar-refractivity contribution in [2.75, 3.05) is 25.6 Å². The van der Waals surface area contributed by atoms with E-state index in [9.17, 15) is 14.4 Å². The van der Waals surface area contributed by atoms with E-state index in [1.54, 1.807) is 31.4 Å². The average molecular weight is 319 g/mol. The van der Waals surface area contributed by atoms with Gasteiger partial charge < -0.3 is 25.5 Å². The van der Waals surface area contributed by atoms with E-state index in [1.807, 2.05) is 0 Å². The lowest BCUT2D eigenvalue weighted by Gasteiger charge is -2.06. The van der Waals surface area contributed by atoms with E-state index in [0.29, 0.717) is 30.5 Å². The van der Waals surface area contributed by atoms with Crippen LogP contribution >= 0.6 is 0 Å². The van der Waals surface area contributed by atoms with Gasteiger partial charge in [0, 0.05) is 25.6 Å². The van der Waals surface area contributed by atoms with Crippen LogP contribution in [0.2, 0.25) is 0 Å². The summed E-state index contributed by atoms with van der Waals surface area (Å²) in [5.41, 5.74) is 5.72. The van der Waals surface area contributed by atoms with Gasteiger partial charge in [-0.2, -0.15) is 0 Å². The minimum Gasteiger partial charge on any atom is -0.449 e.